The van der Waals surface area contributed by atoms with E-state index in [0.29, 0.717) is 12.4 Å². The van der Waals surface area contributed by atoms with E-state index < -0.39 is 0 Å². The summed E-state index contributed by atoms with van der Waals surface area (Å²) < 4.78 is 5.93. The standard InChI is InChI=1S/C17H22N4OS/c18-17-19-13-15(16(20-17)14-5-2-1-3-6-14)22-10-4-7-21-8-11-23-12-9-21/h1-3,5-6,13H,4,7-12H2,(H2,18,19,20). The third-order valence-corrected chi connectivity index (χ3v) is 4.74. The van der Waals surface area contributed by atoms with Crippen molar-refractivity contribution in [3.63, 3.8) is 0 Å². The molecule has 0 aliphatic carbocycles. The second-order valence-corrected chi connectivity index (χ2v) is 6.69. The highest BCUT2D eigenvalue weighted by Gasteiger charge is 2.12. The van der Waals surface area contributed by atoms with Crippen molar-refractivity contribution < 1.29 is 4.74 Å². The molecule has 0 amide bonds. The Bertz CT molecular complexity index is 617. The van der Waals surface area contributed by atoms with Gasteiger partial charge in [0, 0.05) is 36.7 Å². The zero-order chi connectivity index (χ0) is 15.9. The van der Waals surface area contributed by atoms with Crippen LogP contribution < -0.4 is 10.5 Å². The molecule has 0 spiro atoms. The van der Waals surface area contributed by atoms with Crippen molar-refractivity contribution in [1.29, 1.82) is 0 Å². The van der Waals surface area contributed by atoms with E-state index in [-0.39, 0.29) is 5.95 Å². The normalized spacial score (nSPS) is 15.5. The number of anilines is 1. The van der Waals surface area contributed by atoms with Crippen LogP contribution in [-0.4, -0.2) is 52.6 Å². The van der Waals surface area contributed by atoms with Crippen LogP contribution in [0, 0.1) is 0 Å². The highest BCUT2D eigenvalue weighted by atomic mass is 32.2. The van der Waals surface area contributed by atoms with Gasteiger partial charge in [-0.05, 0) is 6.42 Å². The van der Waals surface area contributed by atoms with E-state index in [4.69, 9.17) is 10.5 Å². The molecular weight excluding hydrogens is 308 g/mol. The van der Waals surface area contributed by atoms with Gasteiger partial charge in [0.15, 0.2) is 5.75 Å². The molecule has 0 saturated carbocycles. The van der Waals surface area contributed by atoms with E-state index in [2.05, 4.69) is 14.9 Å². The molecule has 23 heavy (non-hydrogen) atoms. The number of hydrogen-bond acceptors (Lipinski definition) is 6. The molecule has 1 fully saturated rings. The Morgan fingerprint density at radius 3 is 2.74 bits per heavy atom. The number of hydrogen-bond donors (Lipinski definition) is 1. The van der Waals surface area contributed by atoms with Gasteiger partial charge in [0.25, 0.3) is 0 Å². The van der Waals surface area contributed by atoms with Crippen molar-refractivity contribution in [2.75, 3.05) is 43.5 Å². The fraction of sp³-hybridized carbons (Fsp3) is 0.412. The highest BCUT2D eigenvalue weighted by Crippen LogP contribution is 2.27. The van der Waals surface area contributed by atoms with Gasteiger partial charge in [-0.25, -0.2) is 9.97 Å². The maximum Gasteiger partial charge on any atom is 0.220 e. The van der Waals surface area contributed by atoms with Crippen molar-refractivity contribution in [2.45, 2.75) is 6.42 Å². The van der Waals surface area contributed by atoms with Crippen LogP contribution in [0.2, 0.25) is 0 Å². The summed E-state index contributed by atoms with van der Waals surface area (Å²) in [6, 6.07) is 9.93. The number of ether oxygens (including phenoxy) is 1. The van der Waals surface area contributed by atoms with Gasteiger partial charge < -0.3 is 15.4 Å². The Balaban J connectivity index is 1.59. The summed E-state index contributed by atoms with van der Waals surface area (Å²) in [5, 5.41) is 0. The zero-order valence-electron chi connectivity index (χ0n) is 13.1. The molecule has 0 radical (unpaired) electrons. The summed E-state index contributed by atoms with van der Waals surface area (Å²) in [6.07, 6.45) is 2.67. The topological polar surface area (TPSA) is 64.3 Å². The summed E-state index contributed by atoms with van der Waals surface area (Å²) in [7, 11) is 0. The molecule has 0 atom stereocenters. The van der Waals surface area contributed by atoms with Crippen molar-refractivity contribution in [3.05, 3.63) is 36.5 Å². The Morgan fingerprint density at radius 2 is 1.96 bits per heavy atom. The second kappa shape index (κ2) is 8.17. The smallest absolute Gasteiger partial charge is 0.220 e. The summed E-state index contributed by atoms with van der Waals surface area (Å²) in [5.74, 6) is 3.44. The molecule has 1 aliphatic rings. The number of rotatable bonds is 6. The first-order chi connectivity index (χ1) is 11.3. The highest BCUT2D eigenvalue weighted by molar-refractivity contribution is 7.99. The first-order valence-electron chi connectivity index (χ1n) is 7.94. The number of aromatic nitrogens is 2. The van der Waals surface area contributed by atoms with Gasteiger partial charge in [-0.15, -0.1) is 0 Å². The van der Waals surface area contributed by atoms with E-state index >= 15 is 0 Å². The number of thioether (sulfide) groups is 1. The Morgan fingerprint density at radius 1 is 1.17 bits per heavy atom. The van der Waals surface area contributed by atoms with Gasteiger partial charge in [-0.3, -0.25) is 0 Å². The minimum Gasteiger partial charge on any atom is -0.490 e. The van der Waals surface area contributed by atoms with Crippen LogP contribution in [0.1, 0.15) is 6.42 Å². The lowest BCUT2D eigenvalue weighted by atomic mass is 10.1. The molecule has 3 rings (SSSR count). The fourth-order valence-corrected chi connectivity index (χ4v) is 3.57. The molecule has 2 N–H and O–H groups in total. The molecule has 2 heterocycles. The average molecular weight is 330 g/mol. The minimum absolute atomic E-state index is 0.266. The van der Waals surface area contributed by atoms with E-state index in [1.54, 1.807) is 6.20 Å². The molecule has 6 heteroatoms. The fourth-order valence-electron chi connectivity index (χ4n) is 2.59. The van der Waals surface area contributed by atoms with Crippen LogP contribution in [0.25, 0.3) is 11.3 Å². The van der Waals surface area contributed by atoms with Gasteiger partial charge in [-0.2, -0.15) is 11.8 Å². The molecule has 0 bridgehead atoms. The number of benzene rings is 1. The van der Waals surface area contributed by atoms with Gasteiger partial charge in [0.05, 0.1) is 12.8 Å². The van der Waals surface area contributed by atoms with Crippen LogP contribution >= 0.6 is 11.8 Å². The molecule has 1 aliphatic heterocycles. The van der Waals surface area contributed by atoms with Gasteiger partial charge in [0.2, 0.25) is 5.95 Å². The zero-order valence-corrected chi connectivity index (χ0v) is 14.0. The predicted octanol–water partition coefficient (Wildman–Crippen LogP) is 2.54. The minimum atomic E-state index is 0.266. The molecule has 5 nitrogen and oxygen atoms in total. The lowest BCUT2D eigenvalue weighted by Gasteiger charge is -2.25. The van der Waals surface area contributed by atoms with E-state index in [1.165, 1.54) is 24.6 Å². The third-order valence-electron chi connectivity index (χ3n) is 3.80. The summed E-state index contributed by atoms with van der Waals surface area (Å²) in [5.41, 5.74) is 7.48. The van der Waals surface area contributed by atoms with Crippen LogP contribution in [-0.2, 0) is 0 Å². The second-order valence-electron chi connectivity index (χ2n) is 5.46. The lowest BCUT2D eigenvalue weighted by molar-refractivity contribution is 0.248. The number of nitrogens with two attached hydrogens (primary N) is 1. The molecular formula is C17H22N4OS. The van der Waals surface area contributed by atoms with Crippen molar-refractivity contribution in [1.82, 2.24) is 14.9 Å². The van der Waals surface area contributed by atoms with Crippen LogP contribution in [0.4, 0.5) is 5.95 Å². The van der Waals surface area contributed by atoms with E-state index in [0.717, 1.165) is 24.2 Å². The van der Waals surface area contributed by atoms with Gasteiger partial charge in [-0.1, -0.05) is 30.3 Å². The van der Waals surface area contributed by atoms with E-state index in [1.807, 2.05) is 42.1 Å². The molecule has 122 valence electrons. The quantitative estimate of drug-likeness (QED) is 0.821. The predicted molar refractivity (Wildman–Crippen MR) is 95.8 cm³/mol. The van der Waals surface area contributed by atoms with Gasteiger partial charge >= 0.3 is 0 Å². The third kappa shape index (κ3) is 4.59. The van der Waals surface area contributed by atoms with Crippen molar-refractivity contribution in [3.8, 4) is 17.0 Å². The maximum atomic E-state index is 5.93. The molecule has 1 aromatic carbocycles. The largest absolute Gasteiger partial charge is 0.490 e. The molecule has 1 saturated heterocycles. The first kappa shape index (κ1) is 16.1. The molecule has 1 aromatic heterocycles. The van der Waals surface area contributed by atoms with Gasteiger partial charge in [0.1, 0.15) is 5.69 Å². The summed E-state index contributed by atoms with van der Waals surface area (Å²) >= 11 is 2.03. The van der Waals surface area contributed by atoms with Crippen molar-refractivity contribution in [2.24, 2.45) is 0 Å². The Labute approximate surface area is 141 Å². The monoisotopic (exact) mass is 330 g/mol. The lowest BCUT2D eigenvalue weighted by Crippen LogP contribution is -2.33. The molecule has 0 unspecified atom stereocenters. The van der Waals surface area contributed by atoms with Crippen LogP contribution in [0.15, 0.2) is 36.5 Å². The number of nitrogen functional groups attached to an aromatic ring is 1. The van der Waals surface area contributed by atoms with E-state index in [9.17, 15) is 0 Å². The average Bonchev–Trinajstić information content (AvgIpc) is 2.61. The maximum absolute atomic E-state index is 5.93. The van der Waals surface area contributed by atoms with Crippen molar-refractivity contribution >= 4 is 17.7 Å². The summed E-state index contributed by atoms with van der Waals surface area (Å²) in [4.78, 5) is 10.9. The SMILES string of the molecule is Nc1ncc(OCCCN2CCSCC2)c(-c2ccccc2)n1. The summed E-state index contributed by atoms with van der Waals surface area (Å²) in [6.45, 7) is 4.11. The first-order valence-corrected chi connectivity index (χ1v) is 9.09. The molecule has 2 aromatic rings. The van der Waals surface area contributed by atoms with Crippen LogP contribution in [0.5, 0.6) is 5.75 Å². The Kier molecular flexibility index (Phi) is 5.71. The number of nitrogens with zero attached hydrogens (tertiary/aromatic N) is 3. The Hall–Kier alpha value is -1.79. The van der Waals surface area contributed by atoms with Crippen LogP contribution in [0.3, 0.4) is 0 Å².